The maximum Gasteiger partial charge on any atom is 0.272 e. The van der Waals surface area contributed by atoms with E-state index in [4.69, 9.17) is 4.74 Å². The molecular formula is C21H23N5O2. The van der Waals surface area contributed by atoms with Gasteiger partial charge in [0.15, 0.2) is 0 Å². The van der Waals surface area contributed by atoms with Gasteiger partial charge in [0.25, 0.3) is 5.91 Å². The van der Waals surface area contributed by atoms with Gasteiger partial charge in [-0.25, -0.2) is 0 Å². The average Bonchev–Trinajstić information content (AvgIpc) is 3.12. The fourth-order valence-electron chi connectivity index (χ4n) is 3.38. The van der Waals surface area contributed by atoms with Crippen molar-refractivity contribution in [1.82, 2.24) is 24.9 Å². The van der Waals surface area contributed by atoms with Crippen LogP contribution >= 0.6 is 0 Å². The zero-order valence-electron chi connectivity index (χ0n) is 16.1. The zero-order chi connectivity index (χ0) is 19.5. The largest absolute Gasteiger partial charge is 0.473 e. The molecule has 4 rings (SSSR count). The third kappa shape index (κ3) is 3.88. The number of hydrogen-bond donors (Lipinski definition) is 0. The van der Waals surface area contributed by atoms with E-state index >= 15 is 0 Å². The molecule has 1 amide bonds. The number of hydrogen-bond acceptors (Lipinski definition) is 5. The SMILES string of the molecule is Cc1ccc(OC2CCN(C(=O)c3cc(-c4ccccc4)nn3C)CC2)nn1. The fraction of sp³-hybridized carbons (Fsp3) is 0.333. The van der Waals surface area contributed by atoms with Gasteiger partial charge in [-0.1, -0.05) is 30.3 Å². The summed E-state index contributed by atoms with van der Waals surface area (Å²) in [4.78, 5) is 14.8. The molecule has 1 aliphatic rings. The van der Waals surface area contributed by atoms with Crippen LogP contribution in [0.5, 0.6) is 5.88 Å². The lowest BCUT2D eigenvalue weighted by Crippen LogP contribution is -2.42. The molecule has 1 fully saturated rings. The highest BCUT2D eigenvalue weighted by molar-refractivity contribution is 5.93. The monoisotopic (exact) mass is 377 g/mol. The molecule has 0 bridgehead atoms. The molecule has 0 spiro atoms. The number of benzene rings is 1. The minimum Gasteiger partial charge on any atom is -0.473 e. The summed E-state index contributed by atoms with van der Waals surface area (Å²) in [6.07, 6.45) is 1.59. The summed E-state index contributed by atoms with van der Waals surface area (Å²) in [5, 5.41) is 12.6. The maximum atomic E-state index is 13.0. The maximum absolute atomic E-state index is 13.0. The van der Waals surface area contributed by atoms with E-state index in [1.807, 2.05) is 67.4 Å². The lowest BCUT2D eigenvalue weighted by Gasteiger charge is -2.31. The minimum atomic E-state index is 0.00533. The van der Waals surface area contributed by atoms with Crippen LogP contribution in [0.25, 0.3) is 11.3 Å². The van der Waals surface area contributed by atoms with Crippen molar-refractivity contribution in [3.05, 3.63) is 59.9 Å². The molecule has 0 atom stereocenters. The van der Waals surface area contributed by atoms with Gasteiger partial charge < -0.3 is 9.64 Å². The molecule has 2 aromatic heterocycles. The second kappa shape index (κ2) is 7.80. The molecular weight excluding hydrogens is 354 g/mol. The smallest absolute Gasteiger partial charge is 0.272 e. The van der Waals surface area contributed by atoms with Crippen LogP contribution in [0, 0.1) is 6.92 Å². The Hall–Kier alpha value is -3.22. The quantitative estimate of drug-likeness (QED) is 0.699. The molecule has 0 radical (unpaired) electrons. The number of carbonyl (C=O) groups excluding carboxylic acids is 1. The van der Waals surface area contributed by atoms with Gasteiger partial charge in [-0.3, -0.25) is 9.48 Å². The van der Waals surface area contributed by atoms with E-state index in [1.165, 1.54) is 0 Å². The van der Waals surface area contributed by atoms with Crippen molar-refractivity contribution in [3.63, 3.8) is 0 Å². The Morgan fingerprint density at radius 3 is 2.50 bits per heavy atom. The van der Waals surface area contributed by atoms with Gasteiger partial charge in [0.1, 0.15) is 11.8 Å². The fourth-order valence-corrected chi connectivity index (χ4v) is 3.38. The van der Waals surface area contributed by atoms with Crippen LogP contribution < -0.4 is 4.74 Å². The van der Waals surface area contributed by atoms with E-state index in [-0.39, 0.29) is 12.0 Å². The van der Waals surface area contributed by atoms with Crippen molar-refractivity contribution in [3.8, 4) is 17.1 Å². The first kappa shape index (κ1) is 18.2. The standard InChI is InChI=1S/C21H23N5O2/c1-15-8-9-20(23-22-15)28-17-10-12-26(13-11-17)21(27)19-14-18(24-25(19)2)16-6-4-3-5-7-16/h3-9,14,17H,10-13H2,1-2H3. The van der Waals surface area contributed by atoms with Gasteiger partial charge in [-0.05, 0) is 19.1 Å². The van der Waals surface area contributed by atoms with E-state index in [2.05, 4.69) is 15.3 Å². The number of ether oxygens (including phenoxy) is 1. The average molecular weight is 377 g/mol. The van der Waals surface area contributed by atoms with Crippen LogP contribution in [-0.4, -0.2) is 50.0 Å². The van der Waals surface area contributed by atoms with E-state index in [0.29, 0.717) is 24.7 Å². The normalized spacial score (nSPS) is 14.9. The predicted molar refractivity (Wildman–Crippen MR) is 105 cm³/mol. The van der Waals surface area contributed by atoms with Gasteiger partial charge >= 0.3 is 0 Å². The minimum absolute atomic E-state index is 0.00533. The first-order chi connectivity index (χ1) is 13.6. The van der Waals surface area contributed by atoms with Crippen LogP contribution in [-0.2, 0) is 7.05 Å². The molecule has 3 aromatic rings. The highest BCUT2D eigenvalue weighted by Crippen LogP contribution is 2.22. The van der Waals surface area contributed by atoms with Crippen molar-refractivity contribution in [2.75, 3.05) is 13.1 Å². The molecule has 0 saturated carbocycles. The van der Waals surface area contributed by atoms with Gasteiger partial charge in [-0.15, -0.1) is 5.10 Å². The Kier molecular flexibility index (Phi) is 5.06. The third-order valence-electron chi connectivity index (χ3n) is 4.96. The van der Waals surface area contributed by atoms with Gasteiger partial charge in [0, 0.05) is 44.6 Å². The van der Waals surface area contributed by atoms with Crippen molar-refractivity contribution in [2.24, 2.45) is 7.05 Å². The summed E-state index contributed by atoms with van der Waals surface area (Å²) < 4.78 is 7.56. The van der Waals surface area contributed by atoms with Crippen LogP contribution in [0.2, 0.25) is 0 Å². The summed E-state index contributed by atoms with van der Waals surface area (Å²) in [7, 11) is 1.81. The highest BCUT2D eigenvalue weighted by atomic mass is 16.5. The van der Waals surface area contributed by atoms with Crippen molar-refractivity contribution < 1.29 is 9.53 Å². The van der Waals surface area contributed by atoms with Crippen LogP contribution in [0.15, 0.2) is 48.5 Å². The number of aryl methyl sites for hydroxylation is 2. The van der Waals surface area contributed by atoms with Gasteiger partial charge in [0.05, 0.1) is 11.4 Å². The van der Waals surface area contributed by atoms with Crippen molar-refractivity contribution >= 4 is 5.91 Å². The number of rotatable bonds is 4. The number of carbonyl (C=O) groups is 1. The molecule has 3 heterocycles. The van der Waals surface area contributed by atoms with Crippen molar-refractivity contribution in [1.29, 1.82) is 0 Å². The van der Waals surface area contributed by atoms with Crippen LogP contribution in [0.3, 0.4) is 0 Å². The summed E-state index contributed by atoms with van der Waals surface area (Å²) in [5.41, 5.74) is 3.27. The topological polar surface area (TPSA) is 73.1 Å². The summed E-state index contributed by atoms with van der Waals surface area (Å²) in [5.74, 6) is 0.542. The lowest BCUT2D eigenvalue weighted by atomic mass is 10.1. The Bertz CT molecular complexity index is 945. The number of likely N-dealkylation sites (tertiary alicyclic amines) is 1. The van der Waals surface area contributed by atoms with E-state index in [9.17, 15) is 4.79 Å². The molecule has 1 aliphatic heterocycles. The Balaban J connectivity index is 1.39. The van der Waals surface area contributed by atoms with Crippen LogP contribution in [0.1, 0.15) is 29.0 Å². The second-order valence-electron chi connectivity index (χ2n) is 7.03. The Labute approximate surface area is 164 Å². The molecule has 7 heteroatoms. The van der Waals surface area contributed by atoms with Gasteiger partial charge in [0.2, 0.25) is 5.88 Å². The number of piperidine rings is 1. The third-order valence-corrected chi connectivity index (χ3v) is 4.96. The molecule has 0 unspecified atom stereocenters. The molecule has 1 saturated heterocycles. The van der Waals surface area contributed by atoms with E-state index in [0.717, 1.165) is 29.8 Å². The molecule has 7 nitrogen and oxygen atoms in total. The lowest BCUT2D eigenvalue weighted by molar-refractivity contribution is 0.0576. The number of aromatic nitrogens is 4. The van der Waals surface area contributed by atoms with E-state index < -0.39 is 0 Å². The van der Waals surface area contributed by atoms with Crippen LogP contribution in [0.4, 0.5) is 0 Å². The first-order valence-corrected chi connectivity index (χ1v) is 9.46. The number of nitrogens with zero attached hydrogens (tertiary/aromatic N) is 5. The molecule has 28 heavy (non-hydrogen) atoms. The predicted octanol–water partition coefficient (Wildman–Crippen LogP) is 2.87. The van der Waals surface area contributed by atoms with Crippen molar-refractivity contribution in [2.45, 2.75) is 25.9 Å². The molecule has 0 N–H and O–H groups in total. The summed E-state index contributed by atoms with van der Waals surface area (Å²) in [6.45, 7) is 3.19. The molecule has 1 aromatic carbocycles. The van der Waals surface area contributed by atoms with Gasteiger partial charge in [-0.2, -0.15) is 10.2 Å². The molecule has 0 aliphatic carbocycles. The summed E-state index contributed by atoms with van der Waals surface area (Å²) in [6, 6.07) is 15.5. The summed E-state index contributed by atoms with van der Waals surface area (Å²) >= 11 is 0. The van der Waals surface area contributed by atoms with E-state index in [1.54, 1.807) is 4.68 Å². The number of amides is 1. The highest BCUT2D eigenvalue weighted by Gasteiger charge is 2.27. The molecule has 144 valence electrons. The second-order valence-corrected chi connectivity index (χ2v) is 7.03. The first-order valence-electron chi connectivity index (χ1n) is 9.46. The Morgan fingerprint density at radius 2 is 1.82 bits per heavy atom. The Morgan fingerprint density at radius 1 is 1.07 bits per heavy atom. The zero-order valence-corrected chi connectivity index (χ0v) is 16.1.